The predicted molar refractivity (Wildman–Crippen MR) is 90.2 cm³/mol. The molecule has 0 aromatic heterocycles. The molecule has 3 heteroatoms. The molecule has 3 unspecified atom stereocenters. The van der Waals surface area contributed by atoms with E-state index in [9.17, 15) is 4.79 Å². The third-order valence-corrected chi connectivity index (χ3v) is 4.49. The second-order valence-electron chi connectivity index (χ2n) is 6.01. The van der Waals surface area contributed by atoms with E-state index in [0.717, 1.165) is 23.5 Å². The Morgan fingerprint density at radius 1 is 1.36 bits per heavy atom. The predicted octanol–water partition coefficient (Wildman–Crippen LogP) is 3.98. The first-order chi connectivity index (χ1) is 10.5. The lowest BCUT2D eigenvalue weighted by Crippen LogP contribution is -2.43. The minimum Gasteiger partial charge on any atom is -0.350 e. The summed E-state index contributed by atoms with van der Waals surface area (Å²) in [5, 5.41) is 11.5. The summed E-state index contributed by atoms with van der Waals surface area (Å²) < 4.78 is 0. The standard InChI is InChI=1S/C11H19NO.C8H7N/c1-4-11(13)12-10-7-5-6-8(2)9(10)3;1-7-4-2-3-5-8(7)6-9/h4,8-10H,1,5-7H2,2-3H3,(H,12,13);2-5H,1H3. The molecule has 0 heterocycles. The van der Waals surface area contributed by atoms with Gasteiger partial charge in [-0.25, -0.2) is 0 Å². The van der Waals surface area contributed by atoms with Gasteiger partial charge in [-0.3, -0.25) is 4.79 Å². The zero-order valence-corrected chi connectivity index (χ0v) is 13.8. The van der Waals surface area contributed by atoms with Gasteiger partial charge in [0.15, 0.2) is 0 Å². The van der Waals surface area contributed by atoms with E-state index in [1.807, 2.05) is 31.2 Å². The number of nitriles is 1. The van der Waals surface area contributed by atoms with Crippen LogP contribution in [0.25, 0.3) is 0 Å². The smallest absolute Gasteiger partial charge is 0.243 e. The first-order valence-corrected chi connectivity index (χ1v) is 7.88. The number of rotatable bonds is 2. The average Bonchev–Trinajstić information content (AvgIpc) is 2.53. The molecule has 3 atom stereocenters. The topological polar surface area (TPSA) is 52.9 Å². The van der Waals surface area contributed by atoms with E-state index in [1.165, 1.54) is 18.9 Å². The number of carbonyl (C=O) groups excluding carboxylic acids is 1. The van der Waals surface area contributed by atoms with Crippen molar-refractivity contribution in [3.63, 3.8) is 0 Å². The van der Waals surface area contributed by atoms with Crippen LogP contribution in [0.3, 0.4) is 0 Å². The van der Waals surface area contributed by atoms with E-state index in [0.29, 0.717) is 12.0 Å². The Morgan fingerprint density at radius 2 is 2.05 bits per heavy atom. The minimum absolute atomic E-state index is 0.0362. The monoisotopic (exact) mass is 298 g/mol. The van der Waals surface area contributed by atoms with E-state index in [4.69, 9.17) is 5.26 Å². The molecular weight excluding hydrogens is 272 g/mol. The number of carbonyl (C=O) groups is 1. The minimum atomic E-state index is -0.0362. The lowest BCUT2D eigenvalue weighted by Gasteiger charge is -2.34. The molecule has 0 aliphatic heterocycles. The Bertz CT molecular complexity index is 545. The van der Waals surface area contributed by atoms with Crippen LogP contribution < -0.4 is 5.32 Å². The lowest BCUT2D eigenvalue weighted by molar-refractivity contribution is -0.117. The van der Waals surface area contributed by atoms with Crippen molar-refractivity contribution in [2.45, 2.75) is 46.1 Å². The van der Waals surface area contributed by atoms with Crippen molar-refractivity contribution in [3.05, 3.63) is 48.0 Å². The summed E-state index contributed by atoms with van der Waals surface area (Å²) >= 11 is 0. The number of nitrogens with one attached hydrogen (secondary N) is 1. The number of amides is 1. The summed E-state index contributed by atoms with van der Waals surface area (Å²) in [6, 6.07) is 9.99. The largest absolute Gasteiger partial charge is 0.350 e. The van der Waals surface area contributed by atoms with Crippen LogP contribution in [0.5, 0.6) is 0 Å². The Balaban J connectivity index is 0.000000235. The van der Waals surface area contributed by atoms with Crippen LogP contribution in [0.1, 0.15) is 44.2 Å². The van der Waals surface area contributed by atoms with Gasteiger partial charge in [-0.1, -0.05) is 51.5 Å². The van der Waals surface area contributed by atoms with Gasteiger partial charge in [-0.2, -0.15) is 5.26 Å². The zero-order valence-electron chi connectivity index (χ0n) is 13.8. The molecular formula is C19H26N2O. The van der Waals surface area contributed by atoms with E-state index in [1.54, 1.807) is 0 Å². The molecule has 0 bridgehead atoms. The first kappa shape index (κ1) is 18.0. The molecule has 0 spiro atoms. The Kier molecular flexibility index (Phi) is 7.39. The van der Waals surface area contributed by atoms with E-state index < -0.39 is 0 Å². The molecule has 22 heavy (non-hydrogen) atoms. The molecule has 1 aliphatic rings. The number of hydrogen-bond acceptors (Lipinski definition) is 2. The molecule has 1 fully saturated rings. The fourth-order valence-corrected chi connectivity index (χ4v) is 2.73. The molecule has 1 amide bonds. The molecule has 1 aromatic carbocycles. The molecule has 3 nitrogen and oxygen atoms in total. The number of aryl methyl sites for hydroxylation is 1. The molecule has 1 aliphatic carbocycles. The van der Waals surface area contributed by atoms with Crippen LogP contribution in [-0.2, 0) is 4.79 Å². The number of nitrogens with zero attached hydrogens (tertiary/aromatic N) is 1. The molecule has 118 valence electrons. The van der Waals surface area contributed by atoms with Gasteiger partial charge in [-0.05, 0) is 42.9 Å². The zero-order chi connectivity index (χ0) is 16.5. The van der Waals surface area contributed by atoms with Gasteiger partial charge in [0.2, 0.25) is 5.91 Å². The van der Waals surface area contributed by atoms with Crippen molar-refractivity contribution in [3.8, 4) is 6.07 Å². The third-order valence-electron chi connectivity index (χ3n) is 4.49. The summed E-state index contributed by atoms with van der Waals surface area (Å²) in [5.74, 6) is 1.28. The maximum Gasteiger partial charge on any atom is 0.243 e. The normalized spacial score (nSPS) is 23.5. The maximum absolute atomic E-state index is 11.1. The first-order valence-electron chi connectivity index (χ1n) is 7.88. The van der Waals surface area contributed by atoms with Crippen molar-refractivity contribution >= 4 is 5.91 Å². The van der Waals surface area contributed by atoms with Crippen LogP contribution in [0.2, 0.25) is 0 Å². The second kappa shape index (κ2) is 9.04. The Labute approximate surface area is 134 Å². The SMILES string of the molecule is C=CC(=O)NC1CCCC(C)C1C.Cc1ccccc1C#N. The summed E-state index contributed by atoms with van der Waals surface area (Å²) in [6.07, 6.45) is 4.99. The van der Waals surface area contributed by atoms with Crippen LogP contribution >= 0.6 is 0 Å². The highest BCUT2D eigenvalue weighted by atomic mass is 16.1. The highest BCUT2D eigenvalue weighted by molar-refractivity contribution is 5.87. The van der Waals surface area contributed by atoms with Gasteiger partial charge in [0, 0.05) is 6.04 Å². The van der Waals surface area contributed by atoms with Crippen molar-refractivity contribution in [1.82, 2.24) is 5.32 Å². The molecule has 1 aromatic rings. The fraction of sp³-hybridized carbons (Fsp3) is 0.474. The van der Waals surface area contributed by atoms with Gasteiger partial charge < -0.3 is 5.32 Å². The molecule has 0 radical (unpaired) electrons. The molecule has 1 N–H and O–H groups in total. The number of hydrogen-bond donors (Lipinski definition) is 1. The quantitative estimate of drug-likeness (QED) is 0.840. The second-order valence-corrected chi connectivity index (χ2v) is 6.01. The summed E-state index contributed by atoms with van der Waals surface area (Å²) in [7, 11) is 0. The summed E-state index contributed by atoms with van der Waals surface area (Å²) in [5.41, 5.74) is 1.80. The average molecular weight is 298 g/mol. The fourth-order valence-electron chi connectivity index (χ4n) is 2.73. The number of benzene rings is 1. The Hall–Kier alpha value is -2.08. The van der Waals surface area contributed by atoms with E-state index in [-0.39, 0.29) is 5.91 Å². The molecule has 1 saturated carbocycles. The van der Waals surface area contributed by atoms with E-state index in [2.05, 4.69) is 31.8 Å². The van der Waals surface area contributed by atoms with Gasteiger partial charge in [-0.15, -0.1) is 0 Å². The highest BCUT2D eigenvalue weighted by Crippen LogP contribution is 2.29. The Morgan fingerprint density at radius 3 is 2.59 bits per heavy atom. The van der Waals surface area contributed by atoms with Gasteiger partial charge in [0.25, 0.3) is 0 Å². The van der Waals surface area contributed by atoms with Crippen molar-refractivity contribution in [2.24, 2.45) is 11.8 Å². The van der Waals surface area contributed by atoms with Crippen LogP contribution in [0.4, 0.5) is 0 Å². The van der Waals surface area contributed by atoms with Gasteiger partial charge in [0.05, 0.1) is 11.6 Å². The van der Waals surface area contributed by atoms with Crippen LogP contribution in [0, 0.1) is 30.1 Å². The maximum atomic E-state index is 11.1. The summed E-state index contributed by atoms with van der Waals surface area (Å²) in [4.78, 5) is 11.1. The third kappa shape index (κ3) is 5.37. The van der Waals surface area contributed by atoms with Crippen LogP contribution in [-0.4, -0.2) is 11.9 Å². The molecule has 2 rings (SSSR count). The van der Waals surface area contributed by atoms with Crippen LogP contribution in [0.15, 0.2) is 36.9 Å². The van der Waals surface area contributed by atoms with Gasteiger partial charge >= 0.3 is 0 Å². The van der Waals surface area contributed by atoms with Crippen molar-refractivity contribution in [1.29, 1.82) is 5.26 Å². The lowest BCUT2D eigenvalue weighted by atomic mass is 9.78. The summed E-state index contributed by atoms with van der Waals surface area (Å²) in [6.45, 7) is 9.87. The van der Waals surface area contributed by atoms with Crippen molar-refractivity contribution in [2.75, 3.05) is 0 Å². The highest BCUT2D eigenvalue weighted by Gasteiger charge is 2.27. The van der Waals surface area contributed by atoms with Crippen molar-refractivity contribution < 1.29 is 4.79 Å². The molecule has 0 saturated heterocycles. The van der Waals surface area contributed by atoms with Gasteiger partial charge in [0.1, 0.15) is 0 Å². The van der Waals surface area contributed by atoms with E-state index >= 15 is 0 Å².